The fourth-order valence-corrected chi connectivity index (χ4v) is 3.01. The molecule has 1 saturated carbocycles. The third-order valence-electron chi connectivity index (χ3n) is 4.48. The van der Waals surface area contributed by atoms with Crippen LogP contribution in [0, 0.1) is 5.41 Å². The quantitative estimate of drug-likeness (QED) is 0.822. The van der Waals surface area contributed by atoms with Gasteiger partial charge in [0.05, 0.1) is 0 Å². The third-order valence-corrected chi connectivity index (χ3v) is 4.48. The summed E-state index contributed by atoms with van der Waals surface area (Å²) in [5, 5.41) is 13.1. The van der Waals surface area contributed by atoms with Crippen LogP contribution in [0.2, 0.25) is 0 Å². The molecule has 0 aliphatic heterocycles. The van der Waals surface area contributed by atoms with Gasteiger partial charge >= 0.3 is 0 Å². The summed E-state index contributed by atoms with van der Waals surface area (Å²) in [4.78, 5) is 0. The van der Waals surface area contributed by atoms with Crippen molar-refractivity contribution < 1.29 is 5.11 Å². The lowest BCUT2D eigenvalue weighted by Crippen LogP contribution is -2.34. The lowest BCUT2D eigenvalue weighted by molar-refractivity contribution is 0.128. The van der Waals surface area contributed by atoms with Crippen LogP contribution in [0.5, 0.6) is 0 Å². The van der Waals surface area contributed by atoms with E-state index in [2.05, 4.69) is 43.4 Å². The molecule has 0 unspecified atom stereocenters. The molecule has 1 aromatic carbocycles. The maximum atomic E-state index is 9.57. The zero-order chi connectivity index (χ0) is 13.7. The smallest absolute Gasteiger partial charge is 0.0499 e. The first-order valence-corrected chi connectivity index (χ1v) is 7.56. The van der Waals surface area contributed by atoms with E-state index in [1.807, 2.05) is 0 Å². The van der Waals surface area contributed by atoms with Crippen LogP contribution in [0.1, 0.15) is 56.6 Å². The number of benzene rings is 1. The second kappa shape index (κ2) is 6.53. The second-order valence-electron chi connectivity index (χ2n) is 6.37. The Bertz CT molecular complexity index is 377. The molecule has 1 aliphatic rings. The predicted octanol–water partition coefficient (Wildman–Crippen LogP) is 3.45. The van der Waals surface area contributed by atoms with Gasteiger partial charge in [-0.2, -0.15) is 0 Å². The van der Waals surface area contributed by atoms with Crippen LogP contribution in [-0.4, -0.2) is 18.3 Å². The highest BCUT2D eigenvalue weighted by atomic mass is 16.3. The van der Waals surface area contributed by atoms with E-state index in [-0.39, 0.29) is 5.41 Å². The maximum Gasteiger partial charge on any atom is 0.0499 e. The number of aliphatic hydroxyl groups is 1. The molecule has 0 heterocycles. The second-order valence-corrected chi connectivity index (χ2v) is 6.37. The van der Waals surface area contributed by atoms with E-state index < -0.39 is 0 Å². The molecule has 1 aliphatic carbocycles. The third kappa shape index (κ3) is 3.80. The average molecular weight is 261 g/mol. The molecule has 0 saturated heterocycles. The first-order chi connectivity index (χ1) is 9.15. The maximum absolute atomic E-state index is 9.57. The Labute approximate surface area is 117 Å². The van der Waals surface area contributed by atoms with E-state index in [1.54, 1.807) is 0 Å². The molecule has 2 rings (SSSR count). The van der Waals surface area contributed by atoms with Crippen molar-refractivity contribution in [1.82, 2.24) is 5.32 Å². The van der Waals surface area contributed by atoms with Gasteiger partial charge in [0, 0.05) is 25.1 Å². The Morgan fingerprint density at radius 1 is 1.16 bits per heavy atom. The highest BCUT2D eigenvalue weighted by molar-refractivity contribution is 5.24. The molecule has 0 aromatic heterocycles. The Morgan fingerprint density at radius 3 is 2.32 bits per heavy atom. The Hall–Kier alpha value is -0.860. The van der Waals surface area contributed by atoms with Crippen molar-refractivity contribution in [3.8, 4) is 0 Å². The van der Waals surface area contributed by atoms with Gasteiger partial charge in [-0.3, -0.25) is 0 Å². The Morgan fingerprint density at radius 2 is 1.79 bits per heavy atom. The summed E-state index contributed by atoms with van der Waals surface area (Å²) in [6, 6.07) is 8.86. The lowest BCUT2D eigenvalue weighted by atomic mass is 9.87. The fraction of sp³-hybridized carbons (Fsp3) is 0.647. The summed E-state index contributed by atoms with van der Waals surface area (Å²) in [5.41, 5.74) is 2.87. The van der Waals surface area contributed by atoms with Gasteiger partial charge in [-0.15, -0.1) is 0 Å². The van der Waals surface area contributed by atoms with Gasteiger partial charge in [0.25, 0.3) is 0 Å². The standard InChI is InChI=1S/C17H27NO/c1-14(2)16-7-5-15(6-8-16)11-18-12-17(13-19)9-3-4-10-17/h5-8,14,18-19H,3-4,9-13H2,1-2H3. The minimum absolute atomic E-state index is 0.151. The van der Waals surface area contributed by atoms with Gasteiger partial charge < -0.3 is 10.4 Å². The average Bonchev–Trinajstić information content (AvgIpc) is 2.89. The highest BCUT2D eigenvalue weighted by Gasteiger charge is 2.32. The van der Waals surface area contributed by atoms with Crippen LogP contribution >= 0.6 is 0 Å². The topological polar surface area (TPSA) is 32.3 Å². The molecule has 0 radical (unpaired) electrons. The van der Waals surface area contributed by atoms with Crippen molar-refractivity contribution in [2.45, 2.75) is 52.0 Å². The summed E-state index contributed by atoms with van der Waals surface area (Å²) in [5.74, 6) is 0.596. The van der Waals surface area contributed by atoms with Crippen molar-refractivity contribution in [1.29, 1.82) is 0 Å². The number of rotatable bonds is 6. The summed E-state index contributed by atoms with van der Waals surface area (Å²) in [7, 11) is 0. The van der Waals surface area contributed by atoms with E-state index in [1.165, 1.54) is 36.8 Å². The summed E-state index contributed by atoms with van der Waals surface area (Å²) < 4.78 is 0. The molecular weight excluding hydrogens is 234 g/mol. The first kappa shape index (κ1) is 14.5. The number of nitrogens with one attached hydrogen (secondary N) is 1. The summed E-state index contributed by atoms with van der Waals surface area (Å²) in [6.07, 6.45) is 4.88. The van der Waals surface area contributed by atoms with Gasteiger partial charge in [-0.05, 0) is 29.9 Å². The van der Waals surface area contributed by atoms with E-state index in [0.29, 0.717) is 12.5 Å². The Balaban J connectivity index is 1.82. The molecule has 106 valence electrons. The zero-order valence-electron chi connectivity index (χ0n) is 12.3. The van der Waals surface area contributed by atoms with E-state index in [0.717, 1.165) is 13.1 Å². The molecule has 1 fully saturated rings. The van der Waals surface area contributed by atoms with E-state index in [4.69, 9.17) is 0 Å². The van der Waals surface area contributed by atoms with Gasteiger partial charge in [-0.25, -0.2) is 0 Å². The minimum atomic E-state index is 0.151. The first-order valence-electron chi connectivity index (χ1n) is 7.56. The van der Waals surface area contributed by atoms with E-state index >= 15 is 0 Å². The molecule has 19 heavy (non-hydrogen) atoms. The normalized spacial score (nSPS) is 18.1. The molecule has 1 aromatic rings. The summed E-state index contributed by atoms with van der Waals surface area (Å²) >= 11 is 0. The fourth-order valence-electron chi connectivity index (χ4n) is 3.01. The predicted molar refractivity (Wildman–Crippen MR) is 80.2 cm³/mol. The number of hydrogen-bond acceptors (Lipinski definition) is 2. The van der Waals surface area contributed by atoms with Crippen LogP contribution < -0.4 is 5.32 Å². The molecule has 2 nitrogen and oxygen atoms in total. The molecule has 2 N–H and O–H groups in total. The van der Waals surface area contributed by atoms with Crippen molar-refractivity contribution in [2.75, 3.05) is 13.2 Å². The molecule has 0 bridgehead atoms. The van der Waals surface area contributed by atoms with E-state index in [9.17, 15) is 5.11 Å². The molecule has 0 amide bonds. The van der Waals surface area contributed by atoms with Crippen molar-refractivity contribution in [3.63, 3.8) is 0 Å². The van der Waals surface area contributed by atoms with Crippen molar-refractivity contribution in [2.24, 2.45) is 5.41 Å². The van der Waals surface area contributed by atoms with Crippen LogP contribution in [0.3, 0.4) is 0 Å². The highest BCUT2D eigenvalue weighted by Crippen LogP contribution is 2.36. The van der Waals surface area contributed by atoms with Crippen LogP contribution in [0.15, 0.2) is 24.3 Å². The van der Waals surface area contributed by atoms with Gasteiger partial charge in [0.15, 0.2) is 0 Å². The van der Waals surface area contributed by atoms with Crippen LogP contribution in [0.25, 0.3) is 0 Å². The van der Waals surface area contributed by atoms with Crippen molar-refractivity contribution in [3.05, 3.63) is 35.4 Å². The minimum Gasteiger partial charge on any atom is -0.396 e. The zero-order valence-corrected chi connectivity index (χ0v) is 12.3. The molecule has 2 heteroatoms. The van der Waals surface area contributed by atoms with Gasteiger partial charge in [0.2, 0.25) is 0 Å². The molecule has 0 atom stereocenters. The SMILES string of the molecule is CC(C)c1ccc(CNCC2(CO)CCCC2)cc1. The monoisotopic (exact) mass is 261 g/mol. The Kier molecular flexibility index (Phi) is 5.00. The molecule has 0 spiro atoms. The lowest BCUT2D eigenvalue weighted by Gasteiger charge is -2.26. The van der Waals surface area contributed by atoms with Crippen LogP contribution in [0.4, 0.5) is 0 Å². The summed E-state index contributed by atoms with van der Waals surface area (Å²) in [6.45, 7) is 6.61. The molecular formula is C17H27NO. The van der Waals surface area contributed by atoms with Gasteiger partial charge in [0.1, 0.15) is 0 Å². The van der Waals surface area contributed by atoms with Gasteiger partial charge in [-0.1, -0.05) is 51.0 Å². The largest absolute Gasteiger partial charge is 0.396 e. The number of aliphatic hydroxyl groups excluding tert-OH is 1. The number of hydrogen-bond donors (Lipinski definition) is 2. The van der Waals surface area contributed by atoms with Crippen LogP contribution in [-0.2, 0) is 6.54 Å². The van der Waals surface area contributed by atoms with Crippen molar-refractivity contribution >= 4 is 0 Å².